The molecule has 8 aromatic heterocycles. The fourth-order valence-electron chi connectivity index (χ4n) is 14.5. The number of β-amino-alcohol motifs (C(OH)–C–C–N with tert-alkyl or cyclic N) is 1. The van der Waals surface area contributed by atoms with Gasteiger partial charge in [-0.05, 0) is 65.2 Å². The molecule has 17 rings (SSSR count). The third kappa shape index (κ3) is 12.7. The van der Waals surface area contributed by atoms with Crippen molar-refractivity contribution in [3.63, 3.8) is 0 Å². The molecule has 14 N–H and O–H groups in total. The smallest absolute Gasteiger partial charge is 0.396 e. The number of hydrogen-bond acceptors (Lipinski definition) is 27. The maximum atomic E-state index is 14.7. The highest BCUT2D eigenvalue weighted by atomic mass is 19.4. The van der Waals surface area contributed by atoms with Crippen molar-refractivity contribution in [1.82, 2.24) is 78.1 Å². The standard InChI is InChI=1S/C17H21FN6O.C17H24N6O2.C16H19N7O.C15H17F3N6O2/c18-17(11-2-3-11)7-23(8-17)14-13-15(22-16(19)21-14)24(9-20-13)12-4-1-10(5-12)6-25;1-17(2,25)11-6-22(7-11)14-13-15(21-16(18)20-14)23(9-19-13)12-4-3-10(5-12)8-24;1-16(6-17)7-22(8-16)13-12-14(21-15(18)20-13)23(9-19-12)11-3-2-10(4-11)5-24;16-15(17,18)14(26)5-23(6-14)11-10-12(22-13(19)21-11)24(7-20-10)9-2-1-8(3-9)4-25/h1,4,9-12,25H,2-3,5-8H2,(H2,19,21,22);3-4,9-12,24-25H,5-8H2,1-2H3,(H2,18,20,21);2-3,9-11,24H,4-5,7-8H2,1H3,(H2,18,20,21);1-2,7-9,25-26H,3-6H2,(H2,19,21,22)/t2*10-,12+;10-,11+;8-,9+/m1111/s1. The topological polar surface area (TPSA) is 437 Å². The van der Waals surface area contributed by atoms with Crippen LogP contribution in [-0.4, -0.2) is 211 Å². The van der Waals surface area contributed by atoms with Crippen LogP contribution in [0.4, 0.5) is 64.6 Å². The van der Waals surface area contributed by atoms with Crippen LogP contribution in [0.5, 0.6) is 0 Å². The molecule has 0 spiro atoms. The lowest BCUT2D eigenvalue weighted by Crippen LogP contribution is -2.69. The van der Waals surface area contributed by atoms with Crippen molar-refractivity contribution in [2.24, 2.45) is 40.9 Å². The average molecular weight is 1380 g/mol. The first kappa shape index (κ1) is 67.7. The van der Waals surface area contributed by atoms with Crippen LogP contribution in [-0.2, 0) is 0 Å². The summed E-state index contributed by atoms with van der Waals surface area (Å²) in [4.78, 5) is 59.4. The van der Waals surface area contributed by atoms with Gasteiger partial charge >= 0.3 is 6.18 Å². The number of nitrogens with two attached hydrogens (primary N) is 4. The number of allylic oxidation sites excluding steroid dienone is 4. The summed E-state index contributed by atoms with van der Waals surface area (Å²) in [6.07, 6.45) is 23.3. The monoisotopic (exact) mass is 1380 g/mol. The van der Waals surface area contributed by atoms with E-state index in [1.54, 1.807) is 23.5 Å². The van der Waals surface area contributed by atoms with Crippen LogP contribution in [0, 0.1) is 52.3 Å². The van der Waals surface area contributed by atoms with Gasteiger partial charge in [-0.25, -0.2) is 24.3 Å². The van der Waals surface area contributed by atoms with Crippen LogP contribution >= 0.6 is 0 Å². The van der Waals surface area contributed by atoms with Gasteiger partial charge in [-0.3, -0.25) is 0 Å². The fourth-order valence-corrected chi connectivity index (χ4v) is 14.5. The van der Waals surface area contributed by atoms with Gasteiger partial charge in [-0.1, -0.05) is 48.6 Å². The molecule has 5 fully saturated rings. The number of halogens is 4. The van der Waals surface area contributed by atoms with Crippen LogP contribution < -0.4 is 42.5 Å². The number of anilines is 8. The van der Waals surface area contributed by atoms with E-state index in [1.807, 2.05) is 74.7 Å². The zero-order valence-corrected chi connectivity index (χ0v) is 55.3. The molecule has 0 amide bonds. The Morgan fingerprint density at radius 2 is 0.790 bits per heavy atom. The summed E-state index contributed by atoms with van der Waals surface area (Å²) >= 11 is 0. The number of fused-ring (bicyclic) bond motifs is 4. The summed E-state index contributed by atoms with van der Waals surface area (Å²) in [6.45, 7) is 8.15. The molecule has 0 bridgehead atoms. The normalized spacial score (nSPS) is 25.5. The van der Waals surface area contributed by atoms with Crippen LogP contribution in [0.15, 0.2) is 73.9 Å². The van der Waals surface area contributed by atoms with Crippen molar-refractivity contribution in [2.75, 3.05) is 121 Å². The van der Waals surface area contributed by atoms with Crippen molar-refractivity contribution in [3.8, 4) is 6.07 Å². The van der Waals surface area contributed by atoms with Gasteiger partial charge in [0.1, 0.15) is 5.67 Å². The lowest BCUT2D eigenvalue weighted by Gasteiger charge is -2.47. The summed E-state index contributed by atoms with van der Waals surface area (Å²) in [7, 11) is 0. The van der Waals surface area contributed by atoms with E-state index in [0.29, 0.717) is 83.4 Å². The first-order valence-corrected chi connectivity index (χ1v) is 33.5. The molecule has 35 heteroatoms. The molecule has 8 aromatic rings. The highest BCUT2D eigenvalue weighted by molar-refractivity contribution is 5.88. The van der Waals surface area contributed by atoms with Gasteiger partial charge in [0.15, 0.2) is 73.5 Å². The van der Waals surface area contributed by atoms with Gasteiger partial charge in [0.05, 0.1) is 92.7 Å². The van der Waals surface area contributed by atoms with Gasteiger partial charge in [-0.2, -0.15) is 58.3 Å². The Morgan fingerprint density at radius 3 is 1.06 bits per heavy atom. The average Bonchev–Trinajstić information content (AvgIpc) is 1.56. The van der Waals surface area contributed by atoms with Crippen LogP contribution in [0.3, 0.4) is 0 Å². The molecule has 5 aliphatic carbocycles. The van der Waals surface area contributed by atoms with Gasteiger partial charge in [0, 0.05) is 82.2 Å². The molecular formula is C65H81F4N25O6. The Morgan fingerprint density at radius 1 is 0.490 bits per heavy atom. The second-order valence-electron chi connectivity index (χ2n) is 28.8. The van der Waals surface area contributed by atoms with Crippen LogP contribution in [0.25, 0.3) is 44.7 Å². The number of rotatable bonds is 14. The van der Waals surface area contributed by atoms with Crippen molar-refractivity contribution >= 4 is 91.7 Å². The minimum absolute atomic E-state index is 0.0335. The third-order valence-electron chi connectivity index (χ3n) is 20.7. The SMILES string of the molecule is CC(C)(O)C1CN(c2nc(N)nc3c2ncn3[C@H]2C=C[C@@H](CO)C2)C1.CC1(C#N)CN(c2nc(N)nc3c2ncn3[C@H]2C=C[C@@H](CO)C2)C1.Nc1nc(N2CC(F)(C3CC3)C2)c2ncn([C@H]3C=C[C@@H](CO)C3)c2n1.Nc1nc(N2CC(O)(C(F)(F)F)C2)c2ncn([C@H]3C=C[C@@H](CO)C3)c2n1. The number of nitrogen functional groups attached to an aromatic ring is 4. The molecule has 530 valence electrons. The fraction of sp³-hybridized carbons (Fsp3) is 0.554. The first-order valence-electron chi connectivity index (χ1n) is 33.5. The maximum Gasteiger partial charge on any atom is 0.420 e. The number of imidazole rings is 4. The lowest BCUT2D eigenvalue weighted by molar-refractivity contribution is -0.267. The minimum atomic E-state index is -4.71. The van der Waals surface area contributed by atoms with Crippen LogP contribution in [0.1, 0.15) is 83.5 Å². The van der Waals surface area contributed by atoms with E-state index in [-0.39, 0.29) is 121 Å². The van der Waals surface area contributed by atoms with Gasteiger partial charge < -0.3 is 91.4 Å². The summed E-state index contributed by atoms with van der Waals surface area (Å²) in [5.41, 5.74) is 23.5. The molecule has 4 saturated heterocycles. The number of nitriles is 1. The first-order chi connectivity index (χ1) is 47.7. The summed E-state index contributed by atoms with van der Waals surface area (Å²) in [6, 6.07) is 2.56. The van der Waals surface area contributed by atoms with Crippen molar-refractivity contribution in [2.45, 2.75) is 107 Å². The van der Waals surface area contributed by atoms with E-state index in [4.69, 9.17) is 22.9 Å². The third-order valence-corrected chi connectivity index (χ3v) is 20.7. The van der Waals surface area contributed by atoms with Gasteiger partial charge in [0.25, 0.3) is 0 Å². The quantitative estimate of drug-likeness (QED) is 0.0548. The highest BCUT2D eigenvalue weighted by Crippen LogP contribution is 2.49. The van der Waals surface area contributed by atoms with E-state index < -0.39 is 36.1 Å². The van der Waals surface area contributed by atoms with E-state index in [9.17, 15) is 53.5 Å². The Balaban J connectivity index is 0.000000114. The number of aliphatic hydroxyl groups is 6. The maximum absolute atomic E-state index is 14.7. The zero-order chi connectivity index (χ0) is 70.5. The van der Waals surface area contributed by atoms with E-state index in [2.05, 4.69) is 89.0 Å². The summed E-state index contributed by atoms with van der Waals surface area (Å²) in [5, 5.41) is 66.2. The lowest BCUT2D eigenvalue weighted by atomic mass is 9.84. The summed E-state index contributed by atoms with van der Waals surface area (Å²) in [5.74, 6) is 3.63. The molecule has 31 nitrogen and oxygen atoms in total. The molecule has 4 aliphatic heterocycles. The largest absolute Gasteiger partial charge is 0.420 e. The van der Waals surface area contributed by atoms with Gasteiger partial charge in [0.2, 0.25) is 23.8 Å². The molecule has 100 heavy (non-hydrogen) atoms. The Labute approximate surface area is 569 Å². The van der Waals surface area contributed by atoms with E-state index in [1.165, 1.54) is 11.2 Å². The van der Waals surface area contributed by atoms with Crippen LogP contribution in [0.2, 0.25) is 0 Å². The second-order valence-corrected chi connectivity index (χ2v) is 28.8. The number of alkyl halides is 4. The molecule has 8 atom stereocenters. The predicted molar refractivity (Wildman–Crippen MR) is 362 cm³/mol. The van der Waals surface area contributed by atoms with Crippen molar-refractivity contribution < 1.29 is 48.2 Å². The minimum Gasteiger partial charge on any atom is -0.396 e. The predicted octanol–water partition coefficient (Wildman–Crippen LogP) is 3.68. The summed E-state index contributed by atoms with van der Waals surface area (Å²) < 4.78 is 61.0. The second kappa shape index (κ2) is 25.6. The molecule has 1 saturated carbocycles. The number of aromatic nitrogens is 16. The molecule has 12 heterocycles. The Bertz CT molecular complexity index is 4550. The Hall–Kier alpha value is -9.47. The molecule has 9 aliphatic rings. The highest BCUT2D eigenvalue weighted by Gasteiger charge is 2.62. The molecule has 0 radical (unpaired) electrons. The zero-order valence-electron chi connectivity index (χ0n) is 55.3. The van der Waals surface area contributed by atoms with E-state index >= 15 is 0 Å². The van der Waals surface area contributed by atoms with E-state index in [0.717, 1.165) is 56.5 Å². The number of aliphatic hydroxyl groups excluding tert-OH is 4. The number of nitrogens with zero attached hydrogens (tertiary/aromatic N) is 21. The Kier molecular flexibility index (Phi) is 17.3. The molecule has 0 aromatic carbocycles. The number of hydrogen-bond donors (Lipinski definition) is 10. The molecular weight excluding hydrogens is 1300 g/mol. The van der Waals surface area contributed by atoms with Gasteiger partial charge in [-0.15, -0.1) is 0 Å². The molecule has 0 unspecified atom stereocenters. The van der Waals surface area contributed by atoms with Crippen molar-refractivity contribution in [1.29, 1.82) is 5.26 Å². The van der Waals surface area contributed by atoms with Crippen molar-refractivity contribution in [3.05, 3.63) is 73.9 Å².